The summed E-state index contributed by atoms with van der Waals surface area (Å²) >= 11 is 1.45. The van der Waals surface area contributed by atoms with Crippen LogP contribution in [0.15, 0.2) is 35.5 Å². The number of benzene rings is 1. The van der Waals surface area contributed by atoms with Crippen molar-refractivity contribution in [3.8, 4) is 17.8 Å². The maximum absolute atomic E-state index is 8.77. The molecule has 0 saturated heterocycles. The number of nitrogens with zero attached hydrogens (tertiary/aromatic N) is 6. The number of ether oxygens (including phenoxy) is 1. The number of rotatable bonds is 6. The summed E-state index contributed by atoms with van der Waals surface area (Å²) in [5.74, 6) is 7.93. The van der Waals surface area contributed by atoms with Crippen molar-refractivity contribution < 1.29 is 4.74 Å². The minimum Gasteiger partial charge on any atom is -0.493 e. The smallest absolute Gasteiger partial charge is 0.271 e. The number of nitriles is 1. The van der Waals surface area contributed by atoms with Crippen molar-refractivity contribution in [2.45, 2.75) is 19.0 Å². The van der Waals surface area contributed by atoms with Crippen molar-refractivity contribution in [2.24, 2.45) is 0 Å². The standard InChI is InChI=1S/C16H17N7OS/c1-11-9-12(2)23(21-11)15-19-20-16(22(15)18)25-8-7-24-14-5-3-13(10-17)4-6-14/h3-6,9H,7-8,18H2,1-2H3. The molecule has 3 rings (SSSR count). The van der Waals surface area contributed by atoms with Gasteiger partial charge in [0.15, 0.2) is 0 Å². The molecule has 0 aliphatic rings. The van der Waals surface area contributed by atoms with Gasteiger partial charge in [0.2, 0.25) is 5.16 Å². The van der Waals surface area contributed by atoms with Gasteiger partial charge in [-0.15, -0.1) is 10.2 Å². The first kappa shape index (κ1) is 16.9. The van der Waals surface area contributed by atoms with E-state index in [0.29, 0.717) is 29.0 Å². The van der Waals surface area contributed by atoms with Gasteiger partial charge in [-0.2, -0.15) is 10.4 Å². The van der Waals surface area contributed by atoms with Crippen molar-refractivity contribution in [1.82, 2.24) is 24.7 Å². The van der Waals surface area contributed by atoms with Crippen molar-refractivity contribution >= 4 is 11.8 Å². The normalized spacial score (nSPS) is 10.6. The van der Waals surface area contributed by atoms with E-state index in [0.717, 1.165) is 17.1 Å². The Morgan fingerprint density at radius 2 is 2.00 bits per heavy atom. The van der Waals surface area contributed by atoms with Crippen LogP contribution in [0.1, 0.15) is 17.0 Å². The lowest BCUT2D eigenvalue weighted by Crippen LogP contribution is -2.17. The van der Waals surface area contributed by atoms with E-state index in [1.807, 2.05) is 19.9 Å². The van der Waals surface area contributed by atoms with Crippen LogP contribution >= 0.6 is 11.8 Å². The van der Waals surface area contributed by atoms with Gasteiger partial charge in [0.25, 0.3) is 5.95 Å². The maximum Gasteiger partial charge on any atom is 0.271 e. The summed E-state index contributed by atoms with van der Waals surface area (Å²) < 4.78 is 8.72. The van der Waals surface area contributed by atoms with Gasteiger partial charge in [0, 0.05) is 11.4 Å². The fourth-order valence-electron chi connectivity index (χ4n) is 2.26. The van der Waals surface area contributed by atoms with Gasteiger partial charge < -0.3 is 10.6 Å². The molecule has 0 aliphatic carbocycles. The molecule has 0 radical (unpaired) electrons. The maximum atomic E-state index is 8.77. The van der Waals surface area contributed by atoms with Crippen molar-refractivity contribution in [1.29, 1.82) is 5.26 Å². The van der Waals surface area contributed by atoms with Gasteiger partial charge in [-0.05, 0) is 44.2 Å². The van der Waals surface area contributed by atoms with Gasteiger partial charge in [-0.3, -0.25) is 0 Å². The second-order valence-electron chi connectivity index (χ2n) is 5.32. The van der Waals surface area contributed by atoms with E-state index in [1.54, 1.807) is 28.9 Å². The quantitative estimate of drug-likeness (QED) is 0.408. The fourth-order valence-corrected chi connectivity index (χ4v) is 2.93. The Morgan fingerprint density at radius 3 is 2.64 bits per heavy atom. The number of thioether (sulfide) groups is 1. The molecule has 2 N–H and O–H groups in total. The highest BCUT2D eigenvalue weighted by atomic mass is 32.2. The van der Waals surface area contributed by atoms with E-state index in [-0.39, 0.29) is 0 Å². The molecule has 3 aromatic rings. The van der Waals surface area contributed by atoms with E-state index in [9.17, 15) is 0 Å². The Kier molecular flexibility index (Phi) is 4.90. The predicted molar refractivity (Wildman–Crippen MR) is 94.1 cm³/mol. The van der Waals surface area contributed by atoms with Gasteiger partial charge in [-0.25, -0.2) is 9.36 Å². The number of nitrogens with two attached hydrogens (primary N) is 1. The van der Waals surface area contributed by atoms with Crippen molar-refractivity contribution in [3.63, 3.8) is 0 Å². The van der Waals surface area contributed by atoms with Crippen LogP contribution in [0.2, 0.25) is 0 Å². The summed E-state index contributed by atoms with van der Waals surface area (Å²) in [7, 11) is 0. The third kappa shape index (κ3) is 3.75. The van der Waals surface area contributed by atoms with E-state index in [2.05, 4.69) is 21.4 Å². The Balaban J connectivity index is 1.57. The van der Waals surface area contributed by atoms with Gasteiger partial charge >= 0.3 is 0 Å². The highest BCUT2D eigenvalue weighted by Gasteiger charge is 2.14. The Hall–Kier alpha value is -2.99. The third-order valence-electron chi connectivity index (χ3n) is 3.41. The summed E-state index contributed by atoms with van der Waals surface area (Å²) in [4.78, 5) is 0. The molecule has 0 spiro atoms. The molecule has 25 heavy (non-hydrogen) atoms. The molecule has 0 unspecified atom stereocenters. The molecular weight excluding hydrogens is 338 g/mol. The molecule has 0 amide bonds. The fraction of sp³-hybridized carbons (Fsp3) is 0.250. The first-order valence-corrected chi connectivity index (χ1v) is 8.57. The average molecular weight is 355 g/mol. The Labute approximate surface area is 149 Å². The predicted octanol–water partition coefficient (Wildman–Crippen LogP) is 1.84. The summed E-state index contributed by atoms with van der Waals surface area (Å²) in [5.41, 5.74) is 2.44. The Morgan fingerprint density at radius 1 is 1.24 bits per heavy atom. The third-order valence-corrected chi connectivity index (χ3v) is 4.32. The van der Waals surface area contributed by atoms with Crippen LogP contribution in [0.25, 0.3) is 5.95 Å². The zero-order valence-electron chi connectivity index (χ0n) is 13.9. The van der Waals surface area contributed by atoms with E-state index >= 15 is 0 Å². The number of hydrogen-bond acceptors (Lipinski definition) is 7. The van der Waals surface area contributed by atoms with Crippen molar-refractivity contribution in [2.75, 3.05) is 18.2 Å². The first-order chi connectivity index (χ1) is 12.1. The highest BCUT2D eigenvalue weighted by Crippen LogP contribution is 2.18. The van der Waals surface area contributed by atoms with E-state index in [4.69, 9.17) is 15.8 Å². The highest BCUT2D eigenvalue weighted by molar-refractivity contribution is 7.99. The van der Waals surface area contributed by atoms with Crippen LogP contribution in [0.3, 0.4) is 0 Å². The van der Waals surface area contributed by atoms with Crippen LogP contribution in [0, 0.1) is 25.2 Å². The molecule has 128 valence electrons. The van der Waals surface area contributed by atoms with Crippen LogP contribution in [0.4, 0.5) is 0 Å². The molecular formula is C16H17N7OS. The second-order valence-corrected chi connectivity index (χ2v) is 6.39. The van der Waals surface area contributed by atoms with Crippen LogP contribution < -0.4 is 10.6 Å². The van der Waals surface area contributed by atoms with Gasteiger partial charge in [-0.1, -0.05) is 11.8 Å². The van der Waals surface area contributed by atoms with Crippen molar-refractivity contribution in [3.05, 3.63) is 47.3 Å². The lowest BCUT2D eigenvalue weighted by molar-refractivity contribution is 0.344. The summed E-state index contributed by atoms with van der Waals surface area (Å²) in [6.45, 7) is 4.34. The molecule has 1 aromatic carbocycles. The lowest BCUT2D eigenvalue weighted by Gasteiger charge is -2.06. The van der Waals surface area contributed by atoms with Gasteiger partial charge in [0.05, 0.1) is 23.9 Å². The molecule has 0 bridgehead atoms. The van der Waals surface area contributed by atoms with E-state index < -0.39 is 0 Å². The molecule has 2 aromatic heterocycles. The molecule has 2 heterocycles. The molecule has 8 nitrogen and oxygen atoms in total. The average Bonchev–Trinajstić information content (AvgIpc) is 3.13. The van der Waals surface area contributed by atoms with E-state index in [1.165, 1.54) is 16.4 Å². The monoisotopic (exact) mass is 355 g/mol. The first-order valence-electron chi connectivity index (χ1n) is 7.58. The lowest BCUT2D eigenvalue weighted by atomic mass is 10.2. The molecule has 0 saturated carbocycles. The summed E-state index contributed by atoms with van der Waals surface area (Å²) in [6.07, 6.45) is 0. The second kappa shape index (κ2) is 7.27. The van der Waals surface area contributed by atoms with Crippen LogP contribution in [0.5, 0.6) is 5.75 Å². The largest absolute Gasteiger partial charge is 0.493 e. The number of nitrogen functional groups attached to an aromatic ring is 1. The summed E-state index contributed by atoms with van der Waals surface area (Å²) in [6, 6.07) is 11.0. The van der Waals surface area contributed by atoms with Gasteiger partial charge in [0.1, 0.15) is 5.75 Å². The van der Waals surface area contributed by atoms with Crippen LogP contribution in [-0.2, 0) is 0 Å². The minimum atomic E-state index is 0.473. The zero-order chi connectivity index (χ0) is 17.8. The SMILES string of the molecule is Cc1cc(C)n(-c2nnc(SCCOc3ccc(C#N)cc3)n2N)n1. The summed E-state index contributed by atoms with van der Waals surface area (Å²) in [5, 5.41) is 21.9. The zero-order valence-corrected chi connectivity index (χ0v) is 14.7. The molecule has 0 atom stereocenters. The molecule has 0 fully saturated rings. The number of aromatic nitrogens is 5. The Bertz CT molecular complexity index is 908. The number of hydrogen-bond donors (Lipinski definition) is 1. The van der Waals surface area contributed by atoms with Crippen LogP contribution in [-0.4, -0.2) is 37.0 Å². The molecule has 0 aliphatic heterocycles. The minimum absolute atomic E-state index is 0.473. The number of aryl methyl sites for hydroxylation is 2. The topological polar surface area (TPSA) is 108 Å². The molecule has 9 heteroatoms.